The Balaban J connectivity index is 1.22. The van der Waals surface area contributed by atoms with Gasteiger partial charge in [-0.15, -0.1) is 0 Å². The standard InChI is InChI=1S/C50H34N4/c1-32-9-7-11-36(25-32)38-21-23-47-43(27-38)40-13-3-5-15-45(40)53(47)49-31-52-50(29-42(49)35-19-17-34(30-51)18-20-35)54-46-16-6-4-14-41(46)44-28-39(22-24-48(44)54)37-12-8-10-33(2)26-37/h3-29,31H,1-2H3. The Morgan fingerprint density at radius 2 is 0.944 bits per heavy atom. The zero-order valence-electron chi connectivity index (χ0n) is 30.0. The molecule has 0 aliphatic carbocycles. The van der Waals surface area contributed by atoms with Crippen LogP contribution in [0.15, 0.2) is 170 Å². The molecule has 0 spiro atoms. The largest absolute Gasteiger partial charge is 0.307 e. The molecule has 3 heterocycles. The van der Waals surface area contributed by atoms with Crippen LogP contribution in [-0.2, 0) is 0 Å². The number of para-hydroxylation sites is 2. The molecule has 4 nitrogen and oxygen atoms in total. The Labute approximate surface area is 313 Å². The van der Waals surface area contributed by atoms with E-state index in [9.17, 15) is 5.26 Å². The summed E-state index contributed by atoms with van der Waals surface area (Å²) in [6, 6.07) is 60.4. The van der Waals surface area contributed by atoms with Crippen molar-refractivity contribution < 1.29 is 0 Å². The van der Waals surface area contributed by atoms with E-state index < -0.39 is 0 Å². The Morgan fingerprint density at radius 3 is 1.52 bits per heavy atom. The van der Waals surface area contributed by atoms with Gasteiger partial charge in [0.05, 0.1) is 45.6 Å². The summed E-state index contributed by atoms with van der Waals surface area (Å²) in [4.78, 5) is 5.27. The van der Waals surface area contributed by atoms with Gasteiger partial charge in [-0.05, 0) is 96.3 Å². The second kappa shape index (κ2) is 12.5. The Kier molecular flexibility index (Phi) is 7.28. The number of pyridine rings is 1. The minimum absolute atomic E-state index is 0.627. The molecule has 0 radical (unpaired) electrons. The van der Waals surface area contributed by atoms with Gasteiger partial charge in [-0.3, -0.25) is 4.57 Å². The summed E-state index contributed by atoms with van der Waals surface area (Å²) < 4.78 is 4.62. The third kappa shape index (κ3) is 5.10. The molecule has 7 aromatic carbocycles. The maximum Gasteiger partial charge on any atom is 0.138 e. The lowest BCUT2D eigenvalue weighted by Crippen LogP contribution is -2.03. The monoisotopic (exact) mass is 690 g/mol. The predicted molar refractivity (Wildman–Crippen MR) is 223 cm³/mol. The summed E-state index contributed by atoms with van der Waals surface area (Å²) in [6.07, 6.45) is 2.02. The maximum absolute atomic E-state index is 9.67. The molecule has 0 N–H and O–H groups in total. The molecule has 10 rings (SSSR count). The van der Waals surface area contributed by atoms with Crippen LogP contribution in [0.4, 0.5) is 0 Å². The number of aromatic nitrogens is 3. The highest BCUT2D eigenvalue weighted by Gasteiger charge is 2.20. The van der Waals surface area contributed by atoms with Crippen LogP contribution >= 0.6 is 0 Å². The highest BCUT2D eigenvalue weighted by molar-refractivity contribution is 6.12. The first-order chi connectivity index (χ1) is 26.5. The van der Waals surface area contributed by atoms with Crippen molar-refractivity contribution in [3.63, 3.8) is 0 Å². The quantitative estimate of drug-likeness (QED) is 0.180. The minimum Gasteiger partial charge on any atom is -0.307 e. The van der Waals surface area contributed by atoms with E-state index in [1.165, 1.54) is 54.9 Å². The van der Waals surface area contributed by atoms with Crippen molar-refractivity contribution in [1.29, 1.82) is 5.26 Å². The van der Waals surface area contributed by atoms with Crippen LogP contribution in [0.3, 0.4) is 0 Å². The van der Waals surface area contributed by atoms with Crippen molar-refractivity contribution in [3.05, 3.63) is 187 Å². The highest BCUT2D eigenvalue weighted by Crippen LogP contribution is 2.40. The lowest BCUT2D eigenvalue weighted by Gasteiger charge is -2.17. The molecule has 0 saturated heterocycles. The van der Waals surface area contributed by atoms with E-state index in [4.69, 9.17) is 4.98 Å². The van der Waals surface area contributed by atoms with Crippen molar-refractivity contribution in [1.82, 2.24) is 14.1 Å². The van der Waals surface area contributed by atoms with Crippen LogP contribution < -0.4 is 0 Å². The van der Waals surface area contributed by atoms with Gasteiger partial charge in [0.1, 0.15) is 5.82 Å². The first kappa shape index (κ1) is 31.5. The summed E-state index contributed by atoms with van der Waals surface area (Å²) in [5.74, 6) is 0.829. The van der Waals surface area contributed by atoms with E-state index in [1.807, 2.05) is 30.5 Å². The van der Waals surface area contributed by atoms with Crippen LogP contribution in [0, 0.1) is 25.2 Å². The highest BCUT2D eigenvalue weighted by atomic mass is 15.1. The SMILES string of the molecule is Cc1cccc(-c2ccc3c(c2)c2ccccc2n3-c2cc(-c3ccc(C#N)cc3)c(-n3c4ccccc4c4cc(-c5cccc(C)c5)ccc43)cn2)c1. The van der Waals surface area contributed by atoms with Crippen molar-refractivity contribution in [2.24, 2.45) is 0 Å². The van der Waals surface area contributed by atoms with Crippen LogP contribution in [0.1, 0.15) is 16.7 Å². The van der Waals surface area contributed by atoms with Crippen molar-refractivity contribution in [2.75, 3.05) is 0 Å². The fourth-order valence-electron chi connectivity index (χ4n) is 8.15. The lowest BCUT2D eigenvalue weighted by atomic mass is 10.0. The van der Waals surface area contributed by atoms with Gasteiger partial charge < -0.3 is 4.57 Å². The summed E-state index contributed by atoms with van der Waals surface area (Å²) in [5.41, 5.74) is 15.3. The number of nitriles is 1. The van der Waals surface area contributed by atoms with E-state index in [-0.39, 0.29) is 0 Å². The first-order valence-corrected chi connectivity index (χ1v) is 18.3. The molecule has 54 heavy (non-hydrogen) atoms. The van der Waals surface area contributed by atoms with Crippen molar-refractivity contribution in [3.8, 4) is 51.0 Å². The molecule has 254 valence electrons. The molecule has 0 aliphatic heterocycles. The van der Waals surface area contributed by atoms with Gasteiger partial charge in [0.25, 0.3) is 0 Å². The Hall–Kier alpha value is -7.22. The molecular weight excluding hydrogens is 657 g/mol. The smallest absolute Gasteiger partial charge is 0.138 e. The molecule has 0 amide bonds. The van der Waals surface area contributed by atoms with Crippen LogP contribution in [-0.4, -0.2) is 14.1 Å². The van der Waals surface area contributed by atoms with Crippen LogP contribution in [0.2, 0.25) is 0 Å². The number of fused-ring (bicyclic) bond motifs is 6. The molecule has 0 atom stereocenters. The van der Waals surface area contributed by atoms with Gasteiger partial charge in [-0.25, -0.2) is 4.98 Å². The van der Waals surface area contributed by atoms with E-state index in [1.54, 1.807) is 0 Å². The van der Waals surface area contributed by atoms with Crippen LogP contribution in [0.25, 0.3) is 88.5 Å². The lowest BCUT2D eigenvalue weighted by molar-refractivity contribution is 1.06. The van der Waals surface area contributed by atoms with Gasteiger partial charge in [-0.2, -0.15) is 5.26 Å². The normalized spacial score (nSPS) is 11.5. The number of rotatable bonds is 5. The minimum atomic E-state index is 0.627. The molecule has 0 aliphatic rings. The number of nitrogens with zero attached hydrogens (tertiary/aromatic N) is 4. The van der Waals surface area contributed by atoms with Gasteiger partial charge in [0.15, 0.2) is 0 Å². The number of hydrogen-bond donors (Lipinski definition) is 0. The number of hydrogen-bond acceptors (Lipinski definition) is 2. The number of benzene rings is 7. The summed E-state index contributed by atoms with van der Waals surface area (Å²) in [6.45, 7) is 4.27. The third-order valence-corrected chi connectivity index (χ3v) is 10.7. The molecule has 4 heteroatoms. The van der Waals surface area contributed by atoms with Crippen molar-refractivity contribution in [2.45, 2.75) is 13.8 Å². The van der Waals surface area contributed by atoms with Crippen molar-refractivity contribution >= 4 is 43.6 Å². The van der Waals surface area contributed by atoms with E-state index in [0.717, 1.165) is 44.7 Å². The molecule has 0 fully saturated rings. The summed E-state index contributed by atoms with van der Waals surface area (Å²) in [5, 5.41) is 14.4. The molecule has 0 saturated carbocycles. The number of aryl methyl sites for hydroxylation is 2. The topological polar surface area (TPSA) is 46.5 Å². The Bertz CT molecular complexity index is 3130. The van der Waals surface area contributed by atoms with Gasteiger partial charge in [-0.1, -0.05) is 120 Å². The van der Waals surface area contributed by atoms with Gasteiger partial charge in [0, 0.05) is 27.1 Å². The molecule has 0 unspecified atom stereocenters. The maximum atomic E-state index is 9.67. The average molecular weight is 691 g/mol. The second-order valence-corrected chi connectivity index (χ2v) is 14.2. The van der Waals surface area contributed by atoms with Gasteiger partial charge in [0.2, 0.25) is 0 Å². The molecule has 3 aromatic heterocycles. The predicted octanol–water partition coefficient (Wildman–Crippen LogP) is 12.8. The molecular formula is C50H34N4. The molecule has 10 aromatic rings. The van der Waals surface area contributed by atoms with Gasteiger partial charge >= 0.3 is 0 Å². The Morgan fingerprint density at radius 1 is 0.444 bits per heavy atom. The summed E-state index contributed by atoms with van der Waals surface area (Å²) in [7, 11) is 0. The molecule has 0 bridgehead atoms. The third-order valence-electron chi connectivity index (χ3n) is 10.7. The zero-order chi connectivity index (χ0) is 36.3. The van der Waals surface area contributed by atoms with E-state index in [0.29, 0.717) is 5.56 Å². The van der Waals surface area contributed by atoms with Crippen LogP contribution in [0.5, 0.6) is 0 Å². The average Bonchev–Trinajstić information content (AvgIpc) is 3.73. The zero-order valence-corrected chi connectivity index (χ0v) is 30.0. The van der Waals surface area contributed by atoms with E-state index in [2.05, 4.69) is 169 Å². The fourth-order valence-corrected chi connectivity index (χ4v) is 8.15. The first-order valence-electron chi connectivity index (χ1n) is 18.3. The van der Waals surface area contributed by atoms with E-state index >= 15 is 0 Å². The summed E-state index contributed by atoms with van der Waals surface area (Å²) >= 11 is 0. The second-order valence-electron chi connectivity index (χ2n) is 14.2. The fraction of sp³-hybridized carbons (Fsp3) is 0.0400.